The molecule has 2 rings (SSSR count). The first-order valence-electron chi connectivity index (χ1n) is 6.42. The number of aryl methyl sites for hydroxylation is 2. The zero-order chi connectivity index (χ0) is 15.6. The average molecular weight is 309 g/mol. The first-order chi connectivity index (χ1) is 9.79. The molecule has 0 bridgehead atoms. The van der Waals surface area contributed by atoms with Gasteiger partial charge >= 0.3 is 0 Å². The summed E-state index contributed by atoms with van der Waals surface area (Å²) in [7, 11) is 1.76. The van der Waals surface area contributed by atoms with Crippen LogP contribution in [0.3, 0.4) is 0 Å². The molecule has 21 heavy (non-hydrogen) atoms. The lowest BCUT2D eigenvalue weighted by Crippen LogP contribution is -2.38. The molecule has 0 spiro atoms. The van der Waals surface area contributed by atoms with Crippen LogP contribution in [0.4, 0.5) is 0 Å². The van der Waals surface area contributed by atoms with Gasteiger partial charge in [-0.25, -0.2) is 4.98 Å². The zero-order valence-corrected chi connectivity index (χ0v) is 12.8. The lowest BCUT2D eigenvalue weighted by molar-refractivity contribution is 0.0525. The van der Waals surface area contributed by atoms with E-state index in [1.54, 1.807) is 50.1 Å². The number of pyridine rings is 1. The Morgan fingerprint density at radius 1 is 1.52 bits per heavy atom. The van der Waals surface area contributed by atoms with Crippen LogP contribution in [-0.2, 0) is 12.6 Å². The smallest absolute Gasteiger partial charge is 0.253 e. The summed E-state index contributed by atoms with van der Waals surface area (Å²) in [5.41, 5.74) is 0.413. The van der Waals surface area contributed by atoms with Gasteiger partial charge in [-0.2, -0.15) is 5.10 Å². The monoisotopic (exact) mass is 308 g/mol. The van der Waals surface area contributed by atoms with E-state index in [1.165, 1.54) is 0 Å². The number of nitrogens with one attached hydrogen (secondary N) is 1. The Bertz CT molecular complexity index is 667. The molecule has 0 aromatic carbocycles. The molecule has 112 valence electrons. The van der Waals surface area contributed by atoms with Gasteiger partial charge in [0.15, 0.2) is 0 Å². The molecule has 0 radical (unpaired) electrons. The van der Waals surface area contributed by atoms with Crippen LogP contribution < -0.4 is 5.32 Å². The van der Waals surface area contributed by atoms with Gasteiger partial charge < -0.3 is 10.4 Å². The number of aromatic nitrogens is 3. The topological polar surface area (TPSA) is 80.0 Å². The molecule has 2 heterocycles. The van der Waals surface area contributed by atoms with Crippen LogP contribution in [0.25, 0.3) is 0 Å². The van der Waals surface area contributed by atoms with Gasteiger partial charge in [-0.1, -0.05) is 11.6 Å². The molecule has 0 saturated heterocycles. The summed E-state index contributed by atoms with van der Waals surface area (Å²) in [6, 6.07) is 3.17. The summed E-state index contributed by atoms with van der Waals surface area (Å²) in [6.07, 6.45) is 3.28. The molecule has 6 nitrogen and oxygen atoms in total. The molecular weight excluding hydrogens is 292 g/mol. The molecule has 1 amide bonds. The normalized spacial score (nSPS) is 13.8. The fraction of sp³-hybridized carbons (Fsp3) is 0.357. The summed E-state index contributed by atoms with van der Waals surface area (Å²) in [6.45, 7) is 3.40. The number of halogens is 1. The van der Waals surface area contributed by atoms with Gasteiger partial charge in [0.2, 0.25) is 0 Å². The second kappa shape index (κ2) is 5.83. The summed E-state index contributed by atoms with van der Waals surface area (Å²) >= 11 is 5.76. The fourth-order valence-corrected chi connectivity index (χ4v) is 2.11. The molecule has 2 aromatic rings. The molecule has 0 aliphatic heterocycles. The number of aliphatic hydroxyl groups is 1. The van der Waals surface area contributed by atoms with Crippen LogP contribution in [0.5, 0.6) is 0 Å². The van der Waals surface area contributed by atoms with E-state index in [9.17, 15) is 9.90 Å². The minimum Gasteiger partial charge on any atom is -0.383 e. The van der Waals surface area contributed by atoms with E-state index in [1.807, 2.05) is 0 Å². The Kier molecular flexibility index (Phi) is 4.29. The van der Waals surface area contributed by atoms with Crippen molar-refractivity contribution in [3.8, 4) is 0 Å². The fourth-order valence-electron chi connectivity index (χ4n) is 1.92. The number of hydrogen-bond donors (Lipinski definition) is 2. The first-order valence-corrected chi connectivity index (χ1v) is 6.80. The quantitative estimate of drug-likeness (QED) is 0.837. The predicted octanol–water partition coefficient (Wildman–Crippen LogP) is 1.41. The maximum atomic E-state index is 12.1. The van der Waals surface area contributed by atoms with Gasteiger partial charge in [-0.3, -0.25) is 9.48 Å². The van der Waals surface area contributed by atoms with Gasteiger partial charge in [0.25, 0.3) is 5.91 Å². The van der Waals surface area contributed by atoms with E-state index in [-0.39, 0.29) is 12.5 Å². The molecule has 0 aliphatic carbocycles. The Morgan fingerprint density at radius 2 is 2.24 bits per heavy atom. The van der Waals surface area contributed by atoms with Crippen molar-refractivity contribution in [1.82, 2.24) is 20.1 Å². The highest BCUT2D eigenvalue weighted by atomic mass is 35.5. The highest BCUT2D eigenvalue weighted by Crippen LogP contribution is 2.19. The molecule has 7 heteroatoms. The number of amides is 1. The summed E-state index contributed by atoms with van der Waals surface area (Å²) in [5.74, 6) is -0.305. The van der Waals surface area contributed by atoms with Crippen molar-refractivity contribution in [3.63, 3.8) is 0 Å². The van der Waals surface area contributed by atoms with Crippen molar-refractivity contribution < 1.29 is 9.90 Å². The van der Waals surface area contributed by atoms with Crippen LogP contribution in [0.2, 0.25) is 5.15 Å². The van der Waals surface area contributed by atoms with Crippen molar-refractivity contribution >= 4 is 17.5 Å². The van der Waals surface area contributed by atoms with Gasteiger partial charge in [0, 0.05) is 18.8 Å². The maximum absolute atomic E-state index is 12.1. The van der Waals surface area contributed by atoms with Gasteiger partial charge in [0.1, 0.15) is 10.8 Å². The molecule has 2 aromatic heterocycles. The maximum Gasteiger partial charge on any atom is 0.253 e. The lowest BCUT2D eigenvalue weighted by Gasteiger charge is -2.22. The SMILES string of the molecule is Cc1nc(Cl)ccc1C(=O)NCC(C)(O)c1cnn(C)c1. The van der Waals surface area contributed by atoms with Crippen LogP contribution in [-0.4, -0.2) is 32.3 Å². The van der Waals surface area contributed by atoms with Gasteiger partial charge in [-0.05, 0) is 26.0 Å². The predicted molar refractivity (Wildman–Crippen MR) is 79.1 cm³/mol. The minimum absolute atomic E-state index is 0.0690. The largest absolute Gasteiger partial charge is 0.383 e. The van der Waals surface area contributed by atoms with Crippen LogP contribution in [0.1, 0.15) is 28.5 Å². The highest BCUT2D eigenvalue weighted by molar-refractivity contribution is 6.29. The van der Waals surface area contributed by atoms with Crippen molar-refractivity contribution in [2.24, 2.45) is 7.05 Å². The number of nitrogens with zero attached hydrogens (tertiary/aromatic N) is 3. The first kappa shape index (κ1) is 15.5. The van der Waals surface area contributed by atoms with Gasteiger partial charge in [0.05, 0.1) is 24.0 Å². The highest BCUT2D eigenvalue weighted by Gasteiger charge is 2.26. The summed E-state index contributed by atoms with van der Waals surface area (Å²) in [4.78, 5) is 16.2. The van der Waals surface area contributed by atoms with Crippen molar-refractivity contribution in [2.75, 3.05) is 6.54 Å². The molecule has 1 atom stereocenters. The third kappa shape index (κ3) is 3.59. The van der Waals surface area contributed by atoms with Crippen molar-refractivity contribution in [3.05, 3.63) is 46.5 Å². The van der Waals surface area contributed by atoms with Crippen LogP contribution >= 0.6 is 11.6 Å². The van der Waals surface area contributed by atoms with E-state index in [4.69, 9.17) is 11.6 Å². The molecular formula is C14H17ClN4O2. The average Bonchev–Trinajstić information content (AvgIpc) is 2.84. The van der Waals surface area contributed by atoms with Crippen LogP contribution in [0.15, 0.2) is 24.5 Å². The third-order valence-corrected chi connectivity index (χ3v) is 3.43. The Labute approximate surface area is 127 Å². The van der Waals surface area contributed by atoms with E-state index >= 15 is 0 Å². The number of rotatable bonds is 4. The van der Waals surface area contributed by atoms with E-state index in [0.29, 0.717) is 22.0 Å². The van der Waals surface area contributed by atoms with Crippen LogP contribution in [0, 0.1) is 6.92 Å². The molecule has 2 N–H and O–H groups in total. The van der Waals surface area contributed by atoms with Gasteiger partial charge in [-0.15, -0.1) is 0 Å². The standard InChI is InChI=1S/C14H17ClN4O2/c1-9-11(4-5-12(15)18-9)13(20)16-8-14(2,21)10-6-17-19(3)7-10/h4-7,21H,8H2,1-3H3,(H,16,20). The Balaban J connectivity index is 2.06. The second-order valence-corrected chi connectivity index (χ2v) is 5.51. The van der Waals surface area contributed by atoms with E-state index < -0.39 is 5.60 Å². The minimum atomic E-state index is -1.20. The number of hydrogen-bond acceptors (Lipinski definition) is 4. The summed E-state index contributed by atoms with van der Waals surface area (Å²) in [5, 5.41) is 17.5. The number of carbonyl (C=O) groups is 1. The molecule has 0 aliphatic rings. The number of carbonyl (C=O) groups excluding carboxylic acids is 1. The van der Waals surface area contributed by atoms with Crippen molar-refractivity contribution in [2.45, 2.75) is 19.4 Å². The zero-order valence-electron chi connectivity index (χ0n) is 12.1. The van der Waals surface area contributed by atoms with E-state index in [2.05, 4.69) is 15.4 Å². The third-order valence-electron chi connectivity index (χ3n) is 3.22. The Morgan fingerprint density at radius 3 is 2.81 bits per heavy atom. The molecule has 0 saturated carbocycles. The summed E-state index contributed by atoms with van der Waals surface area (Å²) < 4.78 is 1.60. The lowest BCUT2D eigenvalue weighted by atomic mass is 9.99. The van der Waals surface area contributed by atoms with Crippen molar-refractivity contribution in [1.29, 1.82) is 0 Å². The second-order valence-electron chi connectivity index (χ2n) is 5.13. The molecule has 0 fully saturated rings. The Hall–Kier alpha value is -1.92. The molecule has 1 unspecified atom stereocenters. The van der Waals surface area contributed by atoms with E-state index in [0.717, 1.165) is 0 Å².